The van der Waals surface area contributed by atoms with Gasteiger partial charge in [-0.15, -0.1) is 0 Å². The zero-order valence-electron chi connectivity index (χ0n) is 16.4. The Morgan fingerprint density at radius 1 is 1.06 bits per heavy atom. The van der Waals surface area contributed by atoms with Crippen LogP contribution in [0.4, 0.5) is 32.0 Å². The summed E-state index contributed by atoms with van der Waals surface area (Å²) in [5, 5.41) is 2.15. The molecule has 0 saturated carbocycles. The highest BCUT2D eigenvalue weighted by Crippen LogP contribution is 2.37. The van der Waals surface area contributed by atoms with Gasteiger partial charge in [-0.1, -0.05) is 6.92 Å². The minimum atomic E-state index is -5.02. The number of carbonyl (C=O) groups is 1. The zero-order valence-corrected chi connectivity index (χ0v) is 16.4. The van der Waals surface area contributed by atoms with Gasteiger partial charge in [-0.3, -0.25) is 9.20 Å². The Kier molecular flexibility index (Phi) is 5.88. The monoisotopic (exact) mass is 445 g/mol. The third-order valence-electron chi connectivity index (χ3n) is 4.38. The van der Waals surface area contributed by atoms with Gasteiger partial charge < -0.3 is 10.1 Å². The van der Waals surface area contributed by atoms with Crippen molar-refractivity contribution < 1.29 is 35.9 Å². The van der Waals surface area contributed by atoms with Gasteiger partial charge in [-0.25, -0.2) is 4.98 Å². The maximum absolute atomic E-state index is 13.1. The average Bonchev–Trinajstić information content (AvgIpc) is 3.06. The second-order valence-corrected chi connectivity index (χ2v) is 6.51. The number of ether oxygens (including phenoxy) is 1. The van der Waals surface area contributed by atoms with E-state index in [1.807, 2.05) is 0 Å². The molecule has 3 aromatic rings. The van der Waals surface area contributed by atoms with Crippen LogP contribution >= 0.6 is 0 Å². The van der Waals surface area contributed by atoms with E-state index in [9.17, 15) is 31.1 Å². The number of nitrogens with one attached hydrogen (secondary N) is 1. The minimum absolute atomic E-state index is 0.00425. The smallest absolute Gasteiger partial charge is 0.416 e. The molecule has 5 nitrogen and oxygen atoms in total. The Morgan fingerprint density at radius 2 is 1.68 bits per heavy atom. The molecule has 11 heteroatoms. The van der Waals surface area contributed by atoms with E-state index < -0.39 is 35.1 Å². The lowest BCUT2D eigenvalue weighted by atomic mass is 10.1. The minimum Gasteiger partial charge on any atom is -0.490 e. The van der Waals surface area contributed by atoms with Crippen LogP contribution in [0.25, 0.3) is 5.65 Å². The highest BCUT2D eigenvalue weighted by molar-refractivity contribution is 6.04. The van der Waals surface area contributed by atoms with Crippen LogP contribution in [-0.4, -0.2) is 21.9 Å². The van der Waals surface area contributed by atoms with Gasteiger partial charge >= 0.3 is 12.4 Å². The van der Waals surface area contributed by atoms with Crippen molar-refractivity contribution in [1.82, 2.24) is 9.38 Å². The predicted molar refractivity (Wildman–Crippen MR) is 100 cm³/mol. The summed E-state index contributed by atoms with van der Waals surface area (Å²) in [6.07, 6.45) is -8.24. The largest absolute Gasteiger partial charge is 0.490 e. The van der Waals surface area contributed by atoms with Gasteiger partial charge in [0.1, 0.15) is 5.69 Å². The Balaban J connectivity index is 2.08. The number of halogens is 6. The Hall–Kier alpha value is -3.24. The number of anilines is 1. The predicted octanol–water partition coefficient (Wildman–Crippen LogP) is 5.59. The van der Waals surface area contributed by atoms with Gasteiger partial charge in [0.05, 0.1) is 23.4 Å². The molecule has 0 aliphatic rings. The van der Waals surface area contributed by atoms with Crippen molar-refractivity contribution >= 4 is 17.2 Å². The summed E-state index contributed by atoms with van der Waals surface area (Å²) in [6.45, 7) is 3.80. The quantitative estimate of drug-likeness (QED) is 0.522. The SMILES string of the molecule is CCOc1cccn2c(C(=O)Nc3cc(C(F)(F)F)cc(C(F)(F)F)c3)c(CC)nc12. The molecule has 31 heavy (non-hydrogen) atoms. The highest BCUT2D eigenvalue weighted by atomic mass is 19.4. The number of pyridine rings is 1. The fourth-order valence-corrected chi connectivity index (χ4v) is 3.06. The summed E-state index contributed by atoms with van der Waals surface area (Å²) in [7, 11) is 0. The van der Waals surface area contributed by atoms with Gasteiger partial charge in [-0.05, 0) is 43.7 Å². The molecule has 0 atom stereocenters. The molecule has 0 bridgehead atoms. The molecular weight excluding hydrogens is 428 g/mol. The van der Waals surface area contributed by atoms with Crippen LogP contribution in [0, 0.1) is 0 Å². The van der Waals surface area contributed by atoms with Crippen molar-refractivity contribution in [2.24, 2.45) is 0 Å². The number of fused-ring (bicyclic) bond motifs is 1. The molecule has 1 N–H and O–H groups in total. The summed E-state index contributed by atoms with van der Waals surface area (Å²) in [6, 6.07) is 4.12. The molecule has 2 aromatic heterocycles. The van der Waals surface area contributed by atoms with Crippen LogP contribution in [0.1, 0.15) is 41.2 Å². The lowest BCUT2D eigenvalue weighted by Crippen LogP contribution is -2.18. The average molecular weight is 445 g/mol. The molecule has 0 fully saturated rings. The Bertz CT molecular complexity index is 1090. The van der Waals surface area contributed by atoms with Gasteiger partial charge in [-0.2, -0.15) is 26.3 Å². The number of alkyl halides is 6. The summed E-state index contributed by atoms with van der Waals surface area (Å²) in [5.41, 5.74) is -3.07. The van der Waals surface area contributed by atoms with Gasteiger partial charge in [0.15, 0.2) is 11.4 Å². The van der Waals surface area contributed by atoms with E-state index in [2.05, 4.69) is 10.3 Å². The third-order valence-corrected chi connectivity index (χ3v) is 4.38. The molecule has 1 amide bonds. The number of benzene rings is 1. The first-order chi connectivity index (χ1) is 14.5. The molecule has 0 unspecified atom stereocenters. The van der Waals surface area contributed by atoms with Gasteiger partial charge in [0, 0.05) is 11.9 Å². The van der Waals surface area contributed by atoms with E-state index in [-0.39, 0.29) is 11.8 Å². The maximum Gasteiger partial charge on any atom is 0.416 e. The molecule has 166 valence electrons. The number of imidazole rings is 1. The fraction of sp³-hybridized carbons (Fsp3) is 0.300. The van der Waals surface area contributed by atoms with E-state index in [1.165, 1.54) is 10.6 Å². The molecule has 2 heterocycles. The van der Waals surface area contributed by atoms with Gasteiger partial charge in [0.25, 0.3) is 5.91 Å². The number of aryl methyl sites for hydroxylation is 1. The summed E-state index contributed by atoms with van der Waals surface area (Å²) in [4.78, 5) is 17.2. The normalized spacial score (nSPS) is 12.3. The number of hydrogen-bond acceptors (Lipinski definition) is 3. The third kappa shape index (κ3) is 4.59. The van der Waals surface area contributed by atoms with E-state index in [4.69, 9.17) is 4.74 Å². The fourth-order valence-electron chi connectivity index (χ4n) is 3.06. The first-order valence-corrected chi connectivity index (χ1v) is 9.19. The standard InChI is InChI=1S/C20H17F6N3O2/c1-3-14-16(29-7-5-6-15(31-4-2)17(29)28-14)18(30)27-13-9-11(19(21,22)23)8-12(10-13)20(24,25)26/h5-10H,3-4H2,1-2H3,(H,27,30). The first kappa shape index (κ1) is 22.4. The van der Waals surface area contributed by atoms with E-state index in [1.54, 1.807) is 26.0 Å². The second-order valence-electron chi connectivity index (χ2n) is 6.51. The topological polar surface area (TPSA) is 55.6 Å². The Labute approximate surface area is 172 Å². The molecule has 0 spiro atoms. The number of aromatic nitrogens is 2. The van der Waals surface area contributed by atoms with E-state index in [0.717, 1.165) is 0 Å². The molecular formula is C20H17F6N3O2. The molecule has 1 aromatic carbocycles. The number of nitrogens with zero attached hydrogens (tertiary/aromatic N) is 2. The van der Waals surface area contributed by atoms with Crippen molar-refractivity contribution in [3.8, 4) is 5.75 Å². The molecule has 0 aliphatic carbocycles. The maximum atomic E-state index is 13.1. The van der Waals surface area contributed by atoms with Crippen molar-refractivity contribution in [2.45, 2.75) is 32.6 Å². The summed E-state index contributed by atoms with van der Waals surface area (Å²) >= 11 is 0. The van der Waals surface area contributed by atoms with E-state index in [0.29, 0.717) is 42.3 Å². The number of rotatable bonds is 5. The van der Waals surface area contributed by atoms with Crippen molar-refractivity contribution in [3.05, 3.63) is 59.0 Å². The molecule has 0 aliphatic heterocycles. The molecule has 0 saturated heterocycles. The van der Waals surface area contributed by atoms with Crippen molar-refractivity contribution in [3.63, 3.8) is 0 Å². The molecule has 3 rings (SSSR count). The molecule has 0 radical (unpaired) electrons. The van der Waals surface area contributed by atoms with Crippen LogP contribution in [-0.2, 0) is 18.8 Å². The van der Waals surface area contributed by atoms with Crippen molar-refractivity contribution in [2.75, 3.05) is 11.9 Å². The van der Waals surface area contributed by atoms with Crippen LogP contribution in [0.15, 0.2) is 36.5 Å². The highest BCUT2D eigenvalue weighted by Gasteiger charge is 2.37. The summed E-state index contributed by atoms with van der Waals surface area (Å²) < 4.78 is 85.4. The zero-order chi connectivity index (χ0) is 23.0. The number of amides is 1. The van der Waals surface area contributed by atoms with Crippen LogP contribution in [0.5, 0.6) is 5.75 Å². The van der Waals surface area contributed by atoms with Crippen LogP contribution in [0.2, 0.25) is 0 Å². The lowest BCUT2D eigenvalue weighted by Gasteiger charge is -2.15. The number of hydrogen-bond donors (Lipinski definition) is 1. The van der Waals surface area contributed by atoms with Gasteiger partial charge in [0.2, 0.25) is 0 Å². The Morgan fingerprint density at radius 3 is 2.19 bits per heavy atom. The summed E-state index contributed by atoms with van der Waals surface area (Å²) in [5.74, 6) is -0.511. The van der Waals surface area contributed by atoms with Crippen LogP contribution in [0.3, 0.4) is 0 Å². The second kappa shape index (κ2) is 8.12. The van der Waals surface area contributed by atoms with Crippen molar-refractivity contribution in [1.29, 1.82) is 0 Å². The number of carbonyl (C=O) groups excluding carboxylic acids is 1. The lowest BCUT2D eigenvalue weighted by molar-refractivity contribution is -0.143. The van der Waals surface area contributed by atoms with E-state index >= 15 is 0 Å². The first-order valence-electron chi connectivity index (χ1n) is 9.19. The van der Waals surface area contributed by atoms with Crippen LogP contribution < -0.4 is 10.1 Å².